The first-order chi connectivity index (χ1) is 9.44. The summed E-state index contributed by atoms with van der Waals surface area (Å²) in [6.07, 6.45) is 6.24. The minimum Gasteiger partial charge on any atom is -0.481 e. The van der Waals surface area contributed by atoms with Gasteiger partial charge >= 0.3 is 12.0 Å². The molecule has 2 fully saturated rings. The predicted molar refractivity (Wildman–Crippen MR) is 76.5 cm³/mol. The Balaban J connectivity index is 1.80. The van der Waals surface area contributed by atoms with Gasteiger partial charge in [0.25, 0.3) is 0 Å². The van der Waals surface area contributed by atoms with Crippen molar-refractivity contribution in [2.75, 3.05) is 13.1 Å². The number of carbonyl (C=O) groups is 2. The minimum atomic E-state index is -0.809. The molecule has 0 aromatic rings. The third-order valence-corrected chi connectivity index (χ3v) is 5.03. The second kappa shape index (κ2) is 6.02. The van der Waals surface area contributed by atoms with Gasteiger partial charge in [0.15, 0.2) is 0 Å². The summed E-state index contributed by atoms with van der Waals surface area (Å²) in [4.78, 5) is 25.0. The van der Waals surface area contributed by atoms with E-state index >= 15 is 0 Å². The Kier molecular flexibility index (Phi) is 4.55. The van der Waals surface area contributed by atoms with Crippen LogP contribution in [-0.2, 0) is 4.79 Å². The fraction of sp³-hybridized carbons (Fsp3) is 0.867. The fourth-order valence-electron chi connectivity index (χ4n) is 3.29. The van der Waals surface area contributed by atoms with E-state index in [-0.39, 0.29) is 12.1 Å². The molecule has 2 aliphatic rings. The highest BCUT2D eigenvalue weighted by atomic mass is 16.4. The fourth-order valence-corrected chi connectivity index (χ4v) is 3.29. The molecule has 114 valence electrons. The lowest BCUT2D eigenvalue weighted by molar-refractivity contribution is -0.146. The molecular weight excluding hydrogens is 256 g/mol. The van der Waals surface area contributed by atoms with Gasteiger partial charge in [0.1, 0.15) is 0 Å². The van der Waals surface area contributed by atoms with Crippen LogP contribution in [0, 0.1) is 11.3 Å². The number of hydrogen-bond acceptors (Lipinski definition) is 2. The van der Waals surface area contributed by atoms with Crippen molar-refractivity contribution in [3.05, 3.63) is 0 Å². The summed E-state index contributed by atoms with van der Waals surface area (Å²) in [6, 6.07) is 0.178. The van der Waals surface area contributed by atoms with E-state index in [0.717, 1.165) is 18.8 Å². The lowest BCUT2D eigenvalue weighted by Gasteiger charge is -2.30. The highest BCUT2D eigenvalue weighted by molar-refractivity contribution is 5.79. The average molecular weight is 282 g/mol. The molecule has 5 heteroatoms. The molecule has 1 atom stereocenters. The smallest absolute Gasteiger partial charge is 0.317 e. The predicted octanol–water partition coefficient (Wildman–Crippen LogP) is 2.46. The van der Waals surface area contributed by atoms with Crippen molar-refractivity contribution in [3.63, 3.8) is 0 Å². The number of urea groups is 1. The number of rotatable bonds is 3. The molecule has 1 heterocycles. The van der Waals surface area contributed by atoms with Crippen LogP contribution in [0.4, 0.5) is 4.79 Å². The van der Waals surface area contributed by atoms with Crippen LogP contribution in [0.3, 0.4) is 0 Å². The largest absolute Gasteiger partial charge is 0.481 e. The standard InChI is InChI=1S/C15H26N2O3/c1-3-11-4-6-12(7-5-11)16-14(20)17-9-8-15(2,10-17)13(18)19/h11-12H,3-10H2,1-2H3,(H,16,20)(H,18,19). The van der Waals surface area contributed by atoms with Crippen LogP contribution in [0.1, 0.15) is 52.4 Å². The van der Waals surface area contributed by atoms with Gasteiger partial charge in [-0.05, 0) is 44.9 Å². The molecule has 5 nitrogen and oxygen atoms in total. The van der Waals surface area contributed by atoms with Gasteiger partial charge in [-0.1, -0.05) is 13.3 Å². The van der Waals surface area contributed by atoms with Crippen molar-refractivity contribution in [2.24, 2.45) is 11.3 Å². The molecule has 0 bridgehead atoms. The Morgan fingerprint density at radius 3 is 2.45 bits per heavy atom. The Morgan fingerprint density at radius 2 is 1.95 bits per heavy atom. The van der Waals surface area contributed by atoms with Crippen molar-refractivity contribution in [1.29, 1.82) is 0 Å². The zero-order valence-electron chi connectivity index (χ0n) is 12.5. The molecule has 0 radical (unpaired) electrons. The molecule has 20 heavy (non-hydrogen) atoms. The molecular formula is C15H26N2O3. The Morgan fingerprint density at radius 1 is 1.30 bits per heavy atom. The van der Waals surface area contributed by atoms with Crippen LogP contribution < -0.4 is 5.32 Å². The van der Waals surface area contributed by atoms with Gasteiger partial charge < -0.3 is 15.3 Å². The lowest BCUT2D eigenvalue weighted by atomic mass is 9.84. The van der Waals surface area contributed by atoms with E-state index in [1.54, 1.807) is 11.8 Å². The highest BCUT2D eigenvalue weighted by Gasteiger charge is 2.42. The molecule has 2 amide bonds. The quantitative estimate of drug-likeness (QED) is 0.835. The maximum absolute atomic E-state index is 12.2. The number of aliphatic carboxylic acids is 1. The number of carbonyl (C=O) groups excluding carboxylic acids is 1. The second-order valence-electron chi connectivity index (χ2n) is 6.61. The van der Waals surface area contributed by atoms with Crippen molar-refractivity contribution < 1.29 is 14.7 Å². The van der Waals surface area contributed by atoms with Gasteiger partial charge in [-0.15, -0.1) is 0 Å². The first-order valence-corrected chi connectivity index (χ1v) is 7.73. The summed E-state index contributed by atoms with van der Waals surface area (Å²) in [6.45, 7) is 4.80. The molecule has 1 aliphatic heterocycles. The summed E-state index contributed by atoms with van der Waals surface area (Å²) in [5, 5.41) is 12.3. The van der Waals surface area contributed by atoms with Crippen LogP contribution in [0.5, 0.6) is 0 Å². The molecule has 1 saturated carbocycles. The third kappa shape index (κ3) is 3.25. The van der Waals surface area contributed by atoms with Crippen molar-refractivity contribution in [1.82, 2.24) is 10.2 Å². The van der Waals surface area contributed by atoms with E-state index in [9.17, 15) is 14.7 Å². The molecule has 0 aromatic carbocycles. The number of nitrogens with one attached hydrogen (secondary N) is 1. The van der Waals surface area contributed by atoms with E-state index in [4.69, 9.17) is 0 Å². The zero-order chi connectivity index (χ0) is 14.8. The maximum atomic E-state index is 12.2. The first kappa shape index (κ1) is 15.1. The number of carboxylic acids is 1. The summed E-state index contributed by atoms with van der Waals surface area (Å²) in [5.41, 5.74) is -0.781. The van der Waals surface area contributed by atoms with E-state index in [2.05, 4.69) is 12.2 Å². The van der Waals surface area contributed by atoms with E-state index in [1.165, 1.54) is 19.3 Å². The van der Waals surface area contributed by atoms with Crippen molar-refractivity contribution >= 4 is 12.0 Å². The molecule has 0 spiro atoms. The third-order valence-electron chi connectivity index (χ3n) is 5.03. The molecule has 1 unspecified atom stereocenters. The number of likely N-dealkylation sites (tertiary alicyclic amines) is 1. The average Bonchev–Trinajstić information content (AvgIpc) is 2.84. The van der Waals surface area contributed by atoms with Gasteiger partial charge in [-0.3, -0.25) is 4.79 Å². The van der Waals surface area contributed by atoms with E-state index in [1.807, 2.05) is 0 Å². The molecule has 1 aliphatic carbocycles. The van der Waals surface area contributed by atoms with Crippen molar-refractivity contribution in [3.8, 4) is 0 Å². The molecule has 2 rings (SSSR count). The van der Waals surface area contributed by atoms with Crippen LogP contribution in [0.25, 0.3) is 0 Å². The molecule has 0 aromatic heterocycles. The van der Waals surface area contributed by atoms with Gasteiger partial charge in [0, 0.05) is 19.1 Å². The zero-order valence-corrected chi connectivity index (χ0v) is 12.5. The van der Waals surface area contributed by atoms with Crippen LogP contribution in [0.2, 0.25) is 0 Å². The summed E-state index contributed by atoms with van der Waals surface area (Å²) < 4.78 is 0. The Bertz CT molecular complexity index is 377. The number of hydrogen-bond donors (Lipinski definition) is 2. The number of amides is 2. The summed E-state index contributed by atoms with van der Waals surface area (Å²) in [5.74, 6) is 0.00138. The van der Waals surface area contributed by atoms with Gasteiger partial charge in [0.2, 0.25) is 0 Å². The van der Waals surface area contributed by atoms with Crippen LogP contribution >= 0.6 is 0 Å². The minimum absolute atomic E-state index is 0.0880. The first-order valence-electron chi connectivity index (χ1n) is 7.73. The van der Waals surface area contributed by atoms with E-state index in [0.29, 0.717) is 19.5 Å². The van der Waals surface area contributed by atoms with Crippen molar-refractivity contribution in [2.45, 2.75) is 58.4 Å². The Hall–Kier alpha value is -1.26. The van der Waals surface area contributed by atoms with Gasteiger partial charge in [0.05, 0.1) is 5.41 Å². The number of carboxylic acid groups (broad SMARTS) is 1. The second-order valence-corrected chi connectivity index (χ2v) is 6.61. The Labute approximate surface area is 120 Å². The van der Waals surface area contributed by atoms with Gasteiger partial charge in [-0.2, -0.15) is 0 Å². The maximum Gasteiger partial charge on any atom is 0.317 e. The highest BCUT2D eigenvalue weighted by Crippen LogP contribution is 2.31. The van der Waals surface area contributed by atoms with Crippen LogP contribution in [-0.4, -0.2) is 41.1 Å². The molecule has 1 saturated heterocycles. The SMILES string of the molecule is CCC1CCC(NC(=O)N2CCC(C)(C(=O)O)C2)CC1. The van der Waals surface area contributed by atoms with Crippen LogP contribution in [0.15, 0.2) is 0 Å². The lowest BCUT2D eigenvalue weighted by Crippen LogP contribution is -2.46. The summed E-state index contributed by atoms with van der Waals surface area (Å²) >= 11 is 0. The van der Waals surface area contributed by atoms with Gasteiger partial charge in [-0.25, -0.2) is 4.79 Å². The molecule has 2 N–H and O–H groups in total. The normalized spacial score (nSPS) is 34.0. The number of nitrogens with zero attached hydrogens (tertiary/aromatic N) is 1. The monoisotopic (exact) mass is 282 g/mol. The topological polar surface area (TPSA) is 69.6 Å². The van der Waals surface area contributed by atoms with E-state index < -0.39 is 11.4 Å². The summed E-state index contributed by atoms with van der Waals surface area (Å²) in [7, 11) is 0.